The van der Waals surface area contributed by atoms with Gasteiger partial charge in [0, 0.05) is 30.9 Å². The highest BCUT2D eigenvalue weighted by molar-refractivity contribution is 6.05. The summed E-state index contributed by atoms with van der Waals surface area (Å²) in [4.78, 5) is 31.0. The van der Waals surface area contributed by atoms with Crippen LogP contribution in [0.2, 0.25) is 0 Å². The number of hydrogen-bond donors (Lipinski definition) is 3. The molecular weight excluding hydrogens is 286 g/mol. The van der Waals surface area contributed by atoms with Crippen molar-refractivity contribution in [1.29, 1.82) is 0 Å². The Balaban J connectivity index is 2.01. The van der Waals surface area contributed by atoms with E-state index in [9.17, 15) is 9.59 Å². The van der Waals surface area contributed by atoms with Crippen molar-refractivity contribution in [2.45, 2.75) is 0 Å². The molecule has 0 aliphatic carbocycles. The Morgan fingerprint density at radius 2 is 1.68 bits per heavy atom. The number of nitrogens with zero attached hydrogens (tertiary/aromatic N) is 2. The second-order valence-corrected chi connectivity index (χ2v) is 4.30. The standard InChI is InChI=1S/C14H15N5O3/c1-22-8-11(20)18-9-2-4-10(5-3-9)19-14(21)12-13(15)17-7-6-16-12/h2-7H,8H2,1H3,(H2,15,17)(H,18,20)(H,19,21). The number of hydrogen-bond acceptors (Lipinski definition) is 6. The number of ether oxygens (including phenoxy) is 1. The number of rotatable bonds is 5. The first kappa shape index (κ1) is 15.4. The molecule has 0 bridgehead atoms. The number of carbonyl (C=O) groups is 2. The number of amides is 2. The summed E-state index contributed by atoms with van der Waals surface area (Å²) in [5.74, 6) is -0.656. The molecule has 22 heavy (non-hydrogen) atoms. The number of aromatic nitrogens is 2. The number of benzene rings is 1. The van der Waals surface area contributed by atoms with E-state index in [0.29, 0.717) is 11.4 Å². The van der Waals surface area contributed by atoms with E-state index in [-0.39, 0.29) is 24.0 Å². The third kappa shape index (κ3) is 4.00. The highest BCUT2D eigenvalue weighted by atomic mass is 16.5. The average molecular weight is 301 g/mol. The molecule has 0 spiro atoms. The lowest BCUT2D eigenvalue weighted by Gasteiger charge is -2.08. The van der Waals surface area contributed by atoms with Crippen LogP contribution in [-0.2, 0) is 9.53 Å². The van der Waals surface area contributed by atoms with Crippen LogP contribution >= 0.6 is 0 Å². The normalized spacial score (nSPS) is 10.0. The molecule has 1 aromatic carbocycles. The van der Waals surface area contributed by atoms with Gasteiger partial charge >= 0.3 is 0 Å². The first-order valence-electron chi connectivity index (χ1n) is 6.37. The maximum Gasteiger partial charge on any atom is 0.278 e. The molecule has 8 heteroatoms. The van der Waals surface area contributed by atoms with Crippen LogP contribution in [-0.4, -0.2) is 35.5 Å². The fraction of sp³-hybridized carbons (Fsp3) is 0.143. The van der Waals surface area contributed by atoms with Gasteiger partial charge in [-0.1, -0.05) is 0 Å². The zero-order chi connectivity index (χ0) is 15.9. The van der Waals surface area contributed by atoms with Crippen molar-refractivity contribution in [2.75, 3.05) is 30.1 Å². The third-order valence-electron chi connectivity index (χ3n) is 2.64. The summed E-state index contributed by atoms with van der Waals surface area (Å²) in [5, 5.41) is 5.29. The number of carbonyl (C=O) groups excluding carboxylic acids is 2. The van der Waals surface area contributed by atoms with Crippen LogP contribution < -0.4 is 16.4 Å². The fourth-order valence-electron chi connectivity index (χ4n) is 1.68. The average Bonchev–Trinajstić information content (AvgIpc) is 2.50. The largest absolute Gasteiger partial charge is 0.382 e. The highest BCUT2D eigenvalue weighted by Gasteiger charge is 2.12. The van der Waals surface area contributed by atoms with E-state index >= 15 is 0 Å². The molecule has 2 amide bonds. The van der Waals surface area contributed by atoms with Gasteiger partial charge in [0.05, 0.1) is 0 Å². The maximum atomic E-state index is 12.0. The van der Waals surface area contributed by atoms with E-state index in [1.165, 1.54) is 19.5 Å². The molecule has 2 aromatic rings. The van der Waals surface area contributed by atoms with Crippen molar-refractivity contribution in [2.24, 2.45) is 0 Å². The molecule has 4 N–H and O–H groups in total. The molecule has 1 aromatic heterocycles. The first-order chi connectivity index (χ1) is 10.6. The van der Waals surface area contributed by atoms with E-state index < -0.39 is 5.91 Å². The van der Waals surface area contributed by atoms with Gasteiger partial charge < -0.3 is 21.1 Å². The van der Waals surface area contributed by atoms with E-state index in [2.05, 4.69) is 20.6 Å². The van der Waals surface area contributed by atoms with Gasteiger partial charge in [-0.2, -0.15) is 0 Å². The van der Waals surface area contributed by atoms with E-state index in [1.807, 2.05) is 0 Å². The van der Waals surface area contributed by atoms with Crippen LogP contribution in [0.4, 0.5) is 17.2 Å². The van der Waals surface area contributed by atoms with Crippen LogP contribution in [0.3, 0.4) is 0 Å². The molecule has 0 saturated heterocycles. The Kier molecular flexibility index (Phi) is 4.99. The van der Waals surface area contributed by atoms with Gasteiger partial charge in [-0.3, -0.25) is 9.59 Å². The zero-order valence-corrected chi connectivity index (χ0v) is 11.9. The topological polar surface area (TPSA) is 119 Å². The second kappa shape index (κ2) is 7.14. The minimum atomic E-state index is -0.457. The van der Waals surface area contributed by atoms with Crippen molar-refractivity contribution in [1.82, 2.24) is 9.97 Å². The molecule has 0 saturated carbocycles. The van der Waals surface area contributed by atoms with Crippen molar-refractivity contribution in [3.05, 3.63) is 42.4 Å². The molecule has 0 aliphatic rings. The summed E-state index contributed by atoms with van der Waals surface area (Å²) >= 11 is 0. The predicted octanol–water partition coefficient (Wildman–Crippen LogP) is 0.896. The number of anilines is 3. The molecular formula is C14H15N5O3. The lowest BCUT2D eigenvalue weighted by atomic mass is 10.2. The summed E-state index contributed by atoms with van der Waals surface area (Å²) in [7, 11) is 1.44. The molecule has 1 heterocycles. The molecule has 114 valence electrons. The monoisotopic (exact) mass is 301 g/mol. The molecule has 8 nitrogen and oxygen atoms in total. The highest BCUT2D eigenvalue weighted by Crippen LogP contribution is 2.15. The van der Waals surface area contributed by atoms with E-state index in [4.69, 9.17) is 10.5 Å². The molecule has 0 unspecified atom stereocenters. The smallest absolute Gasteiger partial charge is 0.278 e. The lowest BCUT2D eigenvalue weighted by molar-refractivity contribution is -0.119. The summed E-state index contributed by atoms with van der Waals surface area (Å²) in [6, 6.07) is 6.60. The lowest BCUT2D eigenvalue weighted by Crippen LogP contribution is -2.18. The number of nitrogen functional groups attached to an aromatic ring is 1. The molecule has 0 atom stereocenters. The molecule has 2 rings (SSSR count). The summed E-state index contributed by atoms with van der Waals surface area (Å²) in [6.45, 7) is -0.0234. The van der Waals surface area contributed by atoms with Crippen LogP contribution in [0, 0.1) is 0 Å². The van der Waals surface area contributed by atoms with E-state index in [1.54, 1.807) is 24.3 Å². The zero-order valence-electron chi connectivity index (χ0n) is 11.9. The summed E-state index contributed by atoms with van der Waals surface area (Å²) < 4.78 is 4.72. The third-order valence-corrected chi connectivity index (χ3v) is 2.64. The SMILES string of the molecule is COCC(=O)Nc1ccc(NC(=O)c2nccnc2N)cc1. The maximum absolute atomic E-state index is 12.0. The first-order valence-corrected chi connectivity index (χ1v) is 6.37. The van der Waals surface area contributed by atoms with Gasteiger partial charge in [0.2, 0.25) is 5.91 Å². The fourth-order valence-corrected chi connectivity index (χ4v) is 1.68. The number of nitrogens with two attached hydrogens (primary N) is 1. The Bertz CT molecular complexity index is 672. The molecule has 0 fully saturated rings. The van der Waals surface area contributed by atoms with Gasteiger partial charge in [0.15, 0.2) is 11.5 Å². The van der Waals surface area contributed by atoms with Crippen molar-refractivity contribution >= 4 is 29.0 Å². The number of methoxy groups -OCH3 is 1. The number of nitrogens with one attached hydrogen (secondary N) is 2. The van der Waals surface area contributed by atoms with Crippen LogP contribution in [0.1, 0.15) is 10.5 Å². The van der Waals surface area contributed by atoms with Crippen LogP contribution in [0.5, 0.6) is 0 Å². The predicted molar refractivity (Wildman–Crippen MR) is 81.3 cm³/mol. The van der Waals surface area contributed by atoms with Crippen LogP contribution in [0.25, 0.3) is 0 Å². The minimum absolute atomic E-state index is 0.0234. The Morgan fingerprint density at radius 1 is 1.09 bits per heavy atom. The Labute approximate surface area is 126 Å². The van der Waals surface area contributed by atoms with Crippen molar-refractivity contribution in [3.63, 3.8) is 0 Å². The van der Waals surface area contributed by atoms with E-state index in [0.717, 1.165) is 0 Å². The van der Waals surface area contributed by atoms with Gasteiger partial charge in [-0.05, 0) is 24.3 Å². The van der Waals surface area contributed by atoms with Gasteiger partial charge in [0.1, 0.15) is 6.61 Å². The summed E-state index contributed by atoms with van der Waals surface area (Å²) in [6.07, 6.45) is 2.79. The van der Waals surface area contributed by atoms with Gasteiger partial charge in [-0.15, -0.1) is 0 Å². The van der Waals surface area contributed by atoms with Crippen molar-refractivity contribution < 1.29 is 14.3 Å². The minimum Gasteiger partial charge on any atom is -0.382 e. The summed E-state index contributed by atoms with van der Waals surface area (Å²) in [5.41, 5.74) is 6.78. The Morgan fingerprint density at radius 3 is 2.27 bits per heavy atom. The molecule has 0 aliphatic heterocycles. The quantitative estimate of drug-likeness (QED) is 0.754. The van der Waals surface area contributed by atoms with Gasteiger partial charge in [0.25, 0.3) is 5.91 Å². The second-order valence-electron chi connectivity index (χ2n) is 4.30. The molecule has 0 radical (unpaired) electrons. The van der Waals surface area contributed by atoms with Crippen LogP contribution in [0.15, 0.2) is 36.7 Å². The van der Waals surface area contributed by atoms with Gasteiger partial charge in [-0.25, -0.2) is 9.97 Å². The van der Waals surface area contributed by atoms with Crippen molar-refractivity contribution in [3.8, 4) is 0 Å². The Hall–Kier alpha value is -3.00.